The Morgan fingerprint density at radius 3 is 1.48 bits per heavy atom. The van der Waals surface area contributed by atoms with Crippen molar-refractivity contribution < 1.29 is 56.8 Å². The third-order valence-corrected chi connectivity index (χ3v) is 11.8. The first-order valence-electron chi connectivity index (χ1n) is 24.8. The van der Waals surface area contributed by atoms with Gasteiger partial charge in [0.2, 0.25) is 0 Å². The Kier molecular flexibility index (Phi) is 37.7. The predicted molar refractivity (Wildman–Crippen MR) is 256 cm³/mol. The van der Waals surface area contributed by atoms with Crippen LogP contribution in [0.5, 0.6) is 0 Å². The standard InChI is InChI=1S/C51H88O12S/c1-3-5-7-9-11-13-15-17-19-21-22-24-25-27-29-31-33-35-37-39-46(52)60-41-44(42-61-51-50(56)49(55)48(54)45(63-51)43-64(57,58)59)62-47(53)40-38-36-34-32-30-28-26-23-20-18-16-14-12-10-8-6-4-2/h12,14,17-20,26,28,32,34,44-45,48-51,54-56H,3-11,13,15-16,21-25,27,29-31,33,35-43H2,1-2H3,(H,57,58,59)/b14-12+,19-17+,20-18+,28-26+,34-32+/t44-,45-,48-,49?,50?,51+/m1/s1. The molecule has 1 heterocycles. The van der Waals surface area contributed by atoms with Crippen molar-refractivity contribution in [2.45, 2.75) is 230 Å². The van der Waals surface area contributed by atoms with Gasteiger partial charge in [0.05, 0.1) is 6.61 Å². The number of aliphatic hydroxyl groups is 3. The second-order valence-corrected chi connectivity index (χ2v) is 18.6. The van der Waals surface area contributed by atoms with Crippen LogP contribution in [0.15, 0.2) is 60.8 Å². The van der Waals surface area contributed by atoms with Crippen LogP contribution in [0.25, 0.3) is 0 Å². The molecule has 13 heteroatoms. The van der Waals surface area contributed by atoms with Crippen molar-refractivity contribution in [1.82, 2.24) is 0 Å². The number of rotatable bonds is 41. The van der Waals surface area contributed by atoms with E-state index in [9.17, 15) is 37.9 Å². The Morgan fingerprint density at radius 2 is 0.953 bits per heavy atom. The molecule has 1 saturated heterocycles. The fourth-order valence-electron chi connectivity index (χ4n) is 7.19. The minimum atomic E-state index is -4.61. The monoisotopic (exact) mass is 925 g/mol. The Labute approximate surface area is 387 Å². The van der Waals surface area contributed by atoms with Crippen LogP contribution < -0.4 is 0 Å². The minimum Gasteiger partial charge on any atom is -0.462 e. The molecule has 370 valence electrons. The van der Waals surface area contributed by atoms with Gasteiger partial charge >= 0.3 is 11.9 Å². The summed E-state index contributed by atoms with van der Waals surface area (Å²) < 4.78 is 54.1. The molecule has 0 saturated carbocycles. The zero-order valence-electron chi connectivity index (χ0n) is 39.6. The first-order valence-corrected chi connectivity index (χ1v) is 26.5. The number of carbonyl (C=O) groups is 2. The maximum absolute atomic E-state index is 12.8. The SMILES string of the molecule is CCCCC/C=C/C/C=C/C/C=C/C/C=C/CCCC(=O)O[C@H](COC(=O)CCCCCCCCCCC/C=C/CCCCCCCC)CO[C@H]1O[C@H](CS(=O)(=O)O)[C@@H](O)C(O)C1O. The van der Waals surface area contributed by atoms with Crippen LogP contribution in [0.2, 0.25) is 0 Å². The third kappa shape index (κ3) is 34.7. The second kappa shape index (κ2) is 40.6. The van der Waals surface area contributed by atoms with Crippen LogP contribution >= 0.6 is 0 Å². The lowest BCUT2D eigenvalue weighted by Crippen LogP contribution is -2.60. The number of allylic oxidation sites excluding steroid dienone is 10. The van der Waals surface area contributed by atoms with Gasteiger partial charge in [-0.15, -0.1) is 0 Å². The summed E-state index contributed by atoms with van der Waals surface area (Å²) in [6, 6.07) is 0. The number of hydrogen-bond donors (Lipinski definition) is 4. The Balaban J connectivity index is 2.44. The summed E-state index contributed by atoms with van der Waals surface area (Å²) in [5.41, 5.74) is 0. The average Bonchev–Trinajstić information content (AvgIpc) is 3.26. The smallest absolute Gasteiger partial charge is 0.306 e. The molecule has 0 radical (unpaired) electrons. The van der Waals surface area contributed by atoms with E-state index in [1.54, 1.807) is 0 Å². The molecule has 0 aromatic rings. The summed E-state index contributed by atoms with van der Waals surface area (Å²) in [6.45, 7) is 3.69. The van der Waals surface area contributed by atoms with Crippen molar-refractivity contribution in [3.63, 3.8) is 0 Å². The van der Waals surface area contributed by atoms with E-state index < -0.39 is 71.2 Å². The van der Waals surface area contributed by atoms with Crippen LogP contribution in [-0.4, -0.2) is 96.0 Å². The Morgan fingerprint density at radius 1 is 0.531 bits per heavy atom. The normalized spacial score (nSPS) is 20.1. The molecule has 0 amide bonds. The van der Waals surface area contributed by atoms with Crippen molar-refractivity contribution in [2.75, 3.05) is 19.0 Å². The van der Waals surface area contributed by atoms with Crippen molar-refractivity contribution >= 4 is 22.1 Å². The highest BCUT2D eigenvalue weighted by atomic mass is 32.2. The molecule has 4 N–H and O–H groups in total. The zero-order valence-corrected chi connectivity index (χ0v) is 40.4. The van der Waals surface area contributed by atoms with Crippen LogP contribution in [0, 0.1) is 0 Å². The van der Waals surface area contributed by atoms with Gasteiger partial charge < -0.3 is 34.3 Å². The molecule has 6 atom stereocenters. The van der Waals surface area contributed by atoms with E-state index in [1.165, 1.54) is 103 Å². The topological polar surface area (TPSA) is 186 Å². The lowest BCUT2D eigenvalue weighted by molar-refractivity contribution is -0.297. The van der Waals surface area contributed by atoms with Crippen LogP contribution in [0.1, 0.15) is 194 Å². The van der Waals surface area contributed by atoms with E-state index in [0.29, 0.717) is 19.3 Å². The molecule has 1 aliphatic heterocycles. The molecule has 1 fully saturated rings. The summed E-state index contributed by atoms with van der Waals surface area (Å²) in [4.78, 5) is 25.5. The molecule has 0 aromatic heterocycles. The Hall–Kier alpha value is -2.65. The Bertz CT molecular complexity index is 1410. The molecule has 2 unspecified atom stereocenters. The van der Waals surface area contributed by atoms with Gasteiger partial charge in [0.1, 0.15) is 36.8 Å². The van der Waals surface area contributed by atoms with Gasteiger partial charge in [0.25, 0.3) is 10.1 Å². The van der Waals surface area contributed by atoms with E-state index >= 15 is 0 Å². The summed E-state index contributed by atoms with van der Waals surface area (Å²) in [7, 11) is -4.61. The highest BCUT2D eigenvalue weighted by molar-refractivity contribution is 7.85. The van der Waals surface area contributed by atoms with Gasteiger partial charge in [0, 0.05) is 12.8 Å². The number of hydrogen-bond acceptors (Lipinski definition) is 11. The zero-order chi connectivity index (χ0) is 46.9. The fourth-order valence-corrected chi connectivity index (χ4v) is 7.88. The van der Waals surface area contributed by atoms with Gasteiger partial charge in [-0.05, 0) is 77.0 Å². The van der Waals surface area contributed by atoms with E-state index in [-0.39, 0.29) is 19.4 Å². The number of aliphatic hydroxyl groups excluding tert-OH is 3. The largest absolute Gasteiger partial charge is 0.462 e. The molecule has 1 rings (SSSR count). The lowest BCUT2D eigenvalue weighted by atomic mass is 10.00. The maximum atomic E-state index is 12.8. The number of carbonyl (C=O) groups excluding carboxylic acids is 2. The molecular formula is C51H88O12S. The van der Waals surface area contributed by atoms with Gasteiger partial charge in [-0.2, -0.15) is 8.42 Å². The number of esters is 2. The van der Waals surface area contributed by atoms with Gasteiger partial charge in [-0.25, -0.2) is 0 Å². The predicted octanol–water partition coefficient (Wildman–Crippen LogP) is 10.9. The van der Waals surface area contributed by atoms with Crippen LogP contribution in [-0.2, 0) is 38.7 Å². The first-order chi connectivity index (χ1) is 31.0. The second-order valence-electron chi connectivity index (χ2n) is 17.1. The summed E-state index contributed by atoms with van der Waals surface area (Å²) in [6.07, 6.45) is 41.2. The van der Waals surface area contributed by atoms with Gasteiger partial charge in [0.15, 0.2) is 12.4 Å². The number of unbranched alkanes of at least 4 members (excludes halogenated alkanes) is 19. The van der Waals surface area contributed by atoms with Crippen molar-refractivity contribution in [3.8, 4) is 0 Å². The van der Waals surface area contributed by atoms with Crippen molar-refractivity contribution in [2.24, 2.45) is 0 Å². The molecular weight excluding hydrogens is 837 g/mol. The van der Waals surface area contributed by atoms with E-state index in [4.69, 9.17) is 18.9 Å². The lowest BCUT2D eigenvalue weighted by Gasteiger charge is -2.40. The average molecular weight is 925 g/mol. The van der Waals surface area contributed by atoms with E-state index in [0.717, 1.165) is 44.9 Å². The quantitative estimate of drug-likeness (QED) is 0.0197. The molecule has 0 aliphatic carbocycles. The third-order valence-electron chi connectivity index (χ3n) is 11.1. The summed E-state index contributed by atoms with van der Waals surface area (Å²) in [5.74, 6) is -2.06. The molecule has 0 aromatic carbocycles. The van der Waals surface area contributed by atoms with E-state index in [2.05, 4.69) is 62.5 Å². The van der Waals surface area contributed by atoms with Crippen molar-refractivity contribution in [3.05, 3.63) is 60.8 Å². The maximum Gasteiger partial charge on any atom is 0.306 e. The van der Waals surface area contributed by atoms with Gasteiger partial charge in [-0.1, -0.05) is 164 Å². The van der Waals surface area contributed by atoms with Gasteiger partial charge in [-0.3, -0.25) is 14.1 Å². The number of ether oxygens (including phenoxy) is 4. The van der Waals surface area contributed by atoms with Crippen molar-refractivity contribution in [1.29, 1.82) is 0 Å². The summed E-state index contributed by atoms with van der Waals surface area (Å²) >= 11 is 0. The highest BCUT2D eigenvalue weighted by Crippen LogP contribution is 2.24. The van der Waals surface area contributed by atoms with Crippen LogP contribution in [0.3, 0.4) is 0 Å². The molecule has 64 heavy (non-hydrogen) atoms. The minimum absolute atomic E-state index is 0.0864. The molecule has 12 nitrogen and oxygen atoms in total. The van der Waals surface area contributed by atoms with Crippen LogP contribution in [0.4, 0.5) is 0 Å². The molecule has 0 bridgehead atoms. The molecule has 1 aliphatic rings. The van der Waals surface area contributed by atoms with E-state index in [1.807, 2.05) is 12.2 Å². The fraction of sp³-hybridized carbons (Fsp3) is 0.765. The highest BCUT2D eigenvalue weighted by Gasteiger charge is 2.46. The summed E-state index contributed by atoms with van der Waals surface area (Å²) in [5, 5.41) is 30.9. The first kappa shape index (κ1) is 59.4. The molecule has 0 spiro atoms.